The average Bonchev–Trinajstić information content (AvgIpc) is 2.69. The summed E-state index contributed by atoms with van der Waals surface area (Å²) in [6, 6.07) is -2.17. The van der Waals surface area contributed by atoms with E-state index < -0.39 is 40.1 Å². The van der Waals surface area contributed by atoms with Crippen molar-refractivity contribution in [3.8, 4) is 0 Å². The molecule has 1 aliphatic rings. The summed E-state index contributed by atoms with van der Waals surface area (Å²) in [5.41, 5.74) is 0. The molecule has 0 saturated carbocycles. The predicted molar refractivity (Wildman–Crippen MR) is 70.4 cm³/mol. The fourth-order valence-electron chi connectivity index (χ4n) is 2.19. The molecule has 0 aliphatic carbocycles. The van der Waals surface area contributed by atoms with Crippen LogP contribution in [0.25, 0.3) is 0 Å². The molecule has 116 valence electrons. The molecule has 1 rings (SSSR count). The summed E-state index contributed by atoms with van der Waals surface area (Å²) in [4.78, 5) is 24.1. The van der Waals surface area contributed by atoms with Crippen LogP contribution in [0.5, 0.6) is 0 Å². The van der Waals surface area contributed by atoms with Gasteiger partial charge in [0.2, 0.25) is 15.9 Å². The normalized spacial score (nSPS) is 24.6. The maximum Gasteiger partial charge on any atom is 0.326 e. The molecule has 9 heteroatoms. The van der Waals surface area contributed by atoms with Gasteiger partial charge in [0.25, 0.3) is 0 Å². The molecular formula is C11H20N2O6S. The third-order valence-corrected chi connectivity index (χ3v) is 4.71. The second kappa shape index (κ2) is 6.51. The van der Waals surface area contributed by atoms with E-state index in [9.17, 15) is 23.1 Å². The standard InChI is InChI=1S/C11H20N2O6S/c1-3-4-20(18,19)12-7(2)10(15)13-6-8(14)5-9(13)11(16)17/h7-9,12,14H,3-6H2,1-2H3,(H,16,17)/t7?,8?,9-/m0/s1. The minimum Gasteiger partial charge on any atom is -0.480 e. The van der Waals surface area contributed by atoms with Crippen molar-refractivity contribution >= 4 is 21.9 Å². The minimum atomic E-state index is -3.56. The molecule has 0 aromatic rings. The Morgan fingerprint density at radius 2 is 2.05 bits per heavy atom. The van der Waals surface area contributed by atoms with Gasteiger partial charge in [-0.05, 0) is 13.3 Å². The summed E-state index contributed by atoms with van der Waals surface area (Å²) in [5.74, 6) is -1.96. The summed E-state index contributed by atoms with van der Waals surface area (Å²) in [6.07, 6.45) is -0.536. The van der Waals surface area contributed by atoms with Crippen molar-refractivity contribution < 1.29 is 28.2 Å². The quantitative estimate of drug-likeness (QED) is 0.563. The number of hydrogen-bond donors (Lipinski definition) is 3. The first-order valence-electron chi connectivity index (χ1n) is 6.39. The molecule has 0 spiro atoms. The van der Waals surface area contributed by atoms with Crippen molar-refractivity contribution in [3.63, 3.8) is 0 Å². The highest BCUT2D eigenvalue weighted by Crippen LogP contribution is 2.19. The number of rotatable bonds is 6. The van der Waals surface area contributed by atoms with Gasteiger partial charge in [-0.25, -0.2) is 17.9 Å². The average molecular weight is 308 g/mol. The van der Waals surface area contributed by atoms with E-state index in [1.807, 2.05) is 0 Å². The highest BCUT2D eigenvalue weighted by atomic mass is 32.2. The Kier molecular flexibility index (Phi) is 5.49. The molecule has 2 unspecified atom stereocenters. The van der Waals surface area contributed by atoms with Crippen LogP contribution in [-0.4, -0.2) is 65.9 Å². The highest BCUT2D eigenvalue weighted by Gasteiger charge is 2.40. The zero-order valence-electron chi connectivity index (χ0n) is 11.4. The molecular weight excluding hydrogens is 288 g/mol. The predicted octanol–water partition coefficient (Wildman–Crippen LogP) is -1.25. The summed E-state index contributed by atoms with van der Waals surface area (Å²) in [5, 5.41) is 18.5. The molecule has 1 saturated heterocycles. The van der Waals surface area contributed by atoms with Gasteiger partial charge in [0.1, 0.15) is 6.04 Å². The van der Waals surface area contributed by atoms with Crippen molar-refractivity contribution in [3.05, 3.63) is 0 Å². The van der Waals surface area contributed by atoms with Gasteiger partial charge in [-0.3, -0.25) is 4.79 Å². The Morgan fingerprint density at radius 3 is 2.55 bits per heavy atom. The lowest BCUT2D eigenvalue weighted by Gasteiger charge is -2.25. The van der Waals surface area contributed by atoms with E-state index in [4.69, 9.17) is 5.11 Å². The van der Waals surface area contributed by atoms with E-state index in [2.05, 4.69) is 4.72 Å². The van der Waals surface area contributed by atoms with E-state index in [1.54, 1.807) is 6.92 Å². The largest absolute Gasteiger partial charge is 0.480 e. The van der Waals surface area contributed by atoms with Crippen LogP contribution in [0, 0.1) is 0 Å². The lowest BCUT2D eigenvalue weighted by molar-refractivity contribution is -0.148. The van der Waals surface area contributed by atoms with Crippen LogP contribution < -0.4 is 4.72 Å². The van der Waals surface area contributed by atoms with Crippen LogP contribution in [0.1, 0.15) is 26.7 Å². The summed E-state index contributed by atoms with van der Waals surface area (Å²) < 4.78 is 25.4. The van der Waals surface area contributed by atoms with Gasteiger partial charge in [-0.2, -0.15) is 0 Å². The first kappa shape index (κ1) is 16.9. The van der Waals surface area contributed by atoms with Crippen molar-refractivity contribution in [1.29, 1.82) is 0 Å². The molecule has 0 aromatic carbocycles. The molecule has 3 atom stereocenters. The number of β-amino-alcohol motifs (C(OH)–C–C–N with tert-alkyl or cyclic N) is 1. The Labute approximate surface area is 117 Å². The molecule has 0 bridgehead atoms. The minimum absolute atomic E-state index is 0.0461. The van der Waals surface area contributed by atoms with Gasteiger partial charge in [-0.1, -0.05) is 6.92 Å². The maximum absolute atomic E-state index is 12.1. The molecule has 8 nitrogen and oxygen atoms in total. The number of nitrogens with one attached hydrogen (secondary N) is 1. The first-order valence-corrected chi connectivity index (χ1v) is 8.04. The van der Waals surface area contributed by atoms with Crippen LogP contribution in [-0.2, 0) is 19.6 Å². The summed E-state index contributed by atoms with van der Waals surface area (Å²) in [6.45, 7) is 2.96. The second-order valence-electron chi connectivity index (χ2n) is 4.89. The van der Waals surface area contributed by atoms with Crippen molar-refractivity contribution in [2.24, 2.45) is 0 Å². The van der Waals surface area contributed by atoms with Crippen molar-refractivity contribution in [2.45, 2.75) is 44.9 Å². The first-order chi connectivity index (χ1) is 9.18. The van der Waals surface area contributed by atoms with Gasteiger partial charge in [0, 0.05) is 13.0 Å². The number of carbonyl (C=O) groups excluding carboxylic acids is 1. The third kappa shape index (κ3) is 4.15. The number of carboxylic acids is 1. The third-order valence-electron chi connectivity index (χ3n) is 3.05. The van der Waals surface area contributed by atoms with Gasteiger partial charge in [-0.15, -0.1) is 0 Å². The monoisotopic (exact) mass is 308 g/mol. The van der Waals surface area contributed by atoms with E-state index in [0.29, 0.717) is 6.42 Å². The maximum atomic E-state index is 12.1. The van der Waals surface area contributed by atoms with E-state index >= 15 is 0 Å². The number of aliphatic hydroxyl groups excluding tert-OH is 1. The number of aliphatic carboxylic acids is 1. The van der Waals surface area contributed by atoms with Gasteiger partial charge in [0.05, 0.1) is 17.9 Å². The Bertz CT molecular complexity index is 477. The smallest absolute Gasteiger partial charge is 0.326 e. The lowest BCUT2D eigenvalue weighted by atomic mass is 10.2. The van der Waals surface area contributed by atoms with E-state index in [0.717, 1.165) is 4.90 Å². The summed E-state index contributed by atoms with van der Waals surface area (Å²) >= 11 is 0. The van der Waals surface area contributed by atoms with Crippen LogP contribution in [0.4, 0.5) is 0 Å². The number of sulfonamides is 1. The van der Waals surface area contributed by atoms with Gasteiger partial charge >= 0.3 is 5.97 Å². The summed E-state index contributed by atoms with van der Waals surface area (Å²) in [7, 11) is -3.56. The van der Waals surface area contributed by atoms with Crippen molar-refractivity contribution in [2.75, 3.05) is 12.3 Å². The molecule has 20 heavy (non-hydrogen) atoms. The number of hydrogen-bond acceptors (Lipinski definition) is 5. The molecule has 1 amide bonds. The SMILES string of the molecule is CCCS(=O)(=O)NC(C)C(=O)N1CC(O)C[C@H]1C(=O)O. The molecule has 3 N–H and O–H groups in total. The fraction of sp³-hybridized carbons (Fsp3) is 0.818. The lowest BCUT2D eigenvalue weighted by Crippen LogP contribution is -2.50. The molecule has 1 aliphatic heterocycles. The zero-order chi connectivity index (χ0) is 15.5. The van der Waals surface area contributed by atoms with Gasteiger partial charge < -0.3 is 15.1 Å². The van der Waals surface area contributed by atoms with E-state index in [-0.39, 0.29) is 18.7 Å². The van der Waals surface area contributed by atoms with Crippen molar-refractivity contribution in [1.82, 2.24) is 9.62 Å². The fourth-order valence-corrected chi connectivity index (χ4v) is 3.48. The van der Waals surface area contributed by atoms with Crippen LogP contribution in [0.2, 0.25) is 0 Å². The Balaban J connectivity index is 2.76. The number of nitrogens with zero attached hydrogens (tertiary/aromatic N) is 1. The number of carboxylic acid groups (broad SMARTS) is 1. The highest BCUT2D eigenvalue weighted by molar-refractivity contribution is 7.89. The number of amides is 1. The Hall–Kier alpha value is -1.19. The number of aliphatic hydroxyl groups is 1. The number of carbonyl (C=O) groups is 2. The molecule has 0 radical (unpaired) electrons. The van der Waals surface area contributed by atoms with Crippen LogP contribution in [0.15, 0.2) is 0 Å². The van der Waals surface area contributed by atoms with E-state index in [1.165, 1.54) is 6.92 Å². The second-order valence-corrected chi connectivity index (χ2v) is 6.77. The van der Waals surface area contributed by atoms with Gasteiger partial charge in [0.15, 0.2) is 0 Å². The zero-order valence-corrected chi connectivity index (χ0v) is 12.3. The number of likely N-dealkylation sites (tertiary alicyclic amines) is 1. The Morgan fingerprint density at radius 1 is 1.45 bits per heavy atom. The molecule has 1 heterocycles. The molecule has 0 aromatic heterocycles. The van der Waals surface area contributed by atoms with Crippen LogP contribution in [0.3, 0.4) is 0 Å². The topological polar surface area (TPSA) is 124 Å². The molecule has 1 fully saturated rings. The van der Waals surface area contributed by atoms with Crippen LogP contribution >= 0.6 is 0 Å².